The third-order valence-corrected chi connectivity index (χ3v) is 4.39. The standard InChI is InChI=1S/C20H29N3O/c1-4-23(5-2)14-8-9-16(3)21-20(24)22-19-13-12-17-10-6-7-11-18(17)15-19/h6-7,10-13,15-16H,4-5,8-9,14H2,1-3H3,(H2,21,22,24). The lowest BCUT2D eigenvalue weighted by molar-refractivity contribution is 0.247. The Bertz CT molecular complexity index is 652. The van der Waals surface area contributed by atoms with Crippen molar-refractivity contribution in [2.24, 2.45) is 0 Å². The van der Waals surface area contributed by atoms with Crippen LogP contribution in [-0.4, -0.2) is 36.6 Å². The fraction of sp³-hybridized carbons (Fsp3) is 0.450. The molecule has 0 radical (unpaired) electrons. The summed E-state index contributed by atoms with van der Waals surface area (Å²) in [6, 6.07) is 14.1. The Labute approximate surface area is 145 Å². The molecule has 0 saturated carbocycles. The van der Waals surface area contributed by atoms with Gasteiger partial charge in [-0.05, 0) is 62.3 Å². The van der Waals surface area contributed by atoms with E-state index in [1.807, 2.05) is 36.4 Å². The van der Waals surface area contributed by atoms with Gasteiger partial charge < -0.3 is 15.5 Å². The Morgan fingerprint density at radius 1 is 1.08 bits per heavy atom. The van der Waals surface area contributed by atoms with Crippen molar-refractivity contribution in [2.75, 3.05) is 25.0 Å². The molecule has 0 saturated heterocycles. The molecular formula is C20H29N3O. The van der Waals surface area contributed by atoms with Gasteiger partial charge in [0, 0.05) is 11.7 Å². The van der Waals surface area contributed by atoms with Gasteiger partial charge in [0.05, 0.1) is 0 Å². The van der Waals surface area contributed by atoms with Crippen LogP contribution in [0.15, 0.2) is 42.5 Å². The number of carbonyl (C=O) groups excluding carboxylic acids is 1. The van der Waals surface area contributed by atoms with E-state index in [0.29, 0.717) is 0 Å². The Hall–Kier alpha value is -2.07. The van der Waals surface area contributed by atoms with E-state index in [2.05, 4.69) is 42.4 Å². The summed E-state index contributed by atoms with van der Waals surface area (Å²) in [6.07, 6.45) is 2.08. The maximum Gasteiger partial charge on any atom is 0.319 e. The minimum Gasteiger partial charge on any atom is -0.335 e. The number of rotatable bonds is 8. The van der Waals surface area contributed by atoms with E-state index in [1.165, 1.54) is 5.39 Å². The minimum absolute atomic E-state index is 0.138. The summed E-state index contributed by atoms with van der Waals surface area (Å²) in [5.74, 6) is 0. The zero-order valence-electron chi connectivity index (χ0n) is 15.0. The van der Waals surface area contributed by atoms with Gasteiger partial charge in [0.1, 0.15) is 0 Å². The highest BCUT2D eigenvalue weighted by molar-refractivity contribution is 5.93. The Morgan fingerprint density at radius 2 is 1.79 bits per heavy atom. The molecular weight excluding hydrogens is 298 g/mol. The highest BCUT2D eigenvalue weighted by Gasteiger charge is 2.08. The zero-order valence-corrected chi connectivity index (χ0v) is 15.0. The molecule has 2 amide bonds. The normalized spacial score (nSPS) is 12.3. The van der Waals surface area contributed by atoms with E-state index >= 15 is 0 Å². The van der Waals surface area contributed by atoms with Crippen LogP contribution < -0.4 is 10.6 Å². The molecule has 4 heteroatoms. The quantitative estimate of drug-likeness (QED) is 0.751. The second-order valence-corrected chi connectivity index (χ2v) is 6.23. The van der Waals surface area contributed by atoms with E-state index in [-0.39, 0.29) is 12.1 Å². The van der Waals surface area contributed by atoms with E-state index in [0.717, 1.165) is 43.5 Å². The van der Waals surface area contributed by atoms with Gasteiger partial charge in [0.25, 0.3) is 0 Å². The molecule has 2 rings (SSSR count). The lowest BCUT2D eigenvalue weighted by Gasteiger charge is -2.20. The Morgan fingerprint density at radius 3 is 2.50 bits per heavy atom. The molecule has 24 heavy (non-hydrogen) atoms. The van der Waals surface area contributed by atoms with Gasteiger partial charge in [-0.15, -0.1) is 0 Å². The number of urea groups is 1. The first-order valence-corrected chi connectivity index (χ1v) is 8.91. The topological polar surface area (TPSA) is 44.4 Å². The third-order valence-electron chi connectivity index (χ3n) is 4.39. The van der Waals surface area contributed by atoms with Gasteiger partial charge >= 0.3 is 6.03 Å². The molecule has 0 heterocycles. The summed E-state index contributed by atoms with van der Waals surface area (Å²) in [5.41, 5.74) is 0.821. The van der Waals surface area contributed by atoms with Gasteiger partial charge in [-0.2, -0.15) is 0 Å². The van der Waals surface area contributed by atoms with Crippen LogP contribution in [0.4, 0.5) is 10.5 Å². The van der Waals surface area contributed by atoms with Crippen LogP contribution in [0.25, 0.3) is 10.8 Å². The number of hydrogen-bond donors (Lipinski definition) is 2. The number of benzene rings is 2. The van der Waals surface area contributed by atoms with E-state index < -0.39 is 0 Å². The highest BCUT2D eigenvalue weighted by atomic mass is 16.2. The number of anilines is 1. The summed E-state index contributed by atoms with van der Waals surface area (Å²) in [5, 5.41) is 8.25. The fourth-order valence-electron chi connectivity index (χ4n) is 2.89. The van der Waals surface area contributed by atoms with Crippen LogP contribution in [0.5, 0.6) is 0 Å². The first kappa shape index (κ1) is 18.3. The predicted octanol–water partition coefficient (Wildman–Crippen LogP) is 4.47. The first-order chi connectivity index (χ1) is 11.6. The highest BCUT2D eigenvalue weighted by Crippen LogP contribution is 2.18. The first-order valence-electron chi connectivity index (χ1n) is 8.91. The number of amides is 2. The number of fused-ring (bicyclic) bond motifs is 1. The van der Waals surface area contributed by atoms with Gasteiger partial charge in [-0.1, -0.05) is 44.2 Å². The Balaban J connectivity index is 1.79. The van der Waals surface area contributed by atoms with Gasteiger partial charge in [0.15, 0.2) is 0 Å². The summed E-state index contributed by atoms with van der Waals surface area (Å²) >= 11 is 0. The molecule has 2 aromatic carbocycles. The monoisotopic (exact) mass is 327 g/mol. The molecule has 0 bridgehead atoms. The molecule has 2 aromatic rings. The van der Waals surface area contributed by atoms with Crippen molar-refractivity contribution in [3.63, 3.8) is 0 Å². The molecule has 1 atom stereocenters. The molecule has 0 fully saturated rings. The van der Waals surface area contributed by atoms with Crippen molar-refractivity contribution >= 4 is 22.5 Å². The number of carbonyl (C=O) groups is 1. The lowest BCUT2D eigenvalue weighted by atomic mass is 10.1. The molecule has 4 nitrogen and oxygen atoms in total. The smallest absolute Gasteiger partial charge is 0.319 e. The average Bonchev–Trinajstić information content (AvgIpc) is 2.58. The van der Waals surface area contributed by atoms with Crippen LogP contribution in [0.3, 0.4) is 0 Å². The predicted molar refractivity (Wildman–Crippen MR) is 103 cm³/mol. The van der Waals surface area contributed by atoms with Crippen molar-refractivity contribution in [2.45, 2.75) is 39.7 Å². The third kappa shape index (κ3) is 5.53. The van der Waals surface area contributed by atoms with Crippen molar-refractivity contribution in [1.82, 2.24) is 10.2 Å². The molecule has 0 aromatic heterocycles. The fourth-order valence-corrected chi connectivity index (χ4v) is 2.89. The van der Waals surface area contributed by atoms with Crippen LogP contribution >= 0.6 is 0 Å². The second kappa shape index (κ2) is 9.28. The molecule has 0 spiro atoms. The average molecular weight is 327 g/mol. The van der Waals surface area contributed by atoms with Crippen molar-refractivity contribution in [1.29, 1.82) is 0 Å². The van der Waals surface area contributed by atoms with Crippen LogP contribution in [0.1, 0.15) is 33.6 Å². The second-order valence-electron chi connectivity index (χ2n) is 6.23. The van der Waals surface area contributed by atoms with Crippen molar-refractivity contribution in [3.8, 4) is 0 Å². The summed E-state index contributed by atoms with van der Waals surface area (Å²) in [7, 11) is 0. The molecule has 1 unspecified atom stereocenters. The minimum atomic E-state index is -0.138. The maximum absolute atomic E-state index is 12.1. The summed E-state index contributed by atoms with van der Waals surface area (Å²) in [6.45, 7) is 9.68. The largest absolute Gasteiger partial charge is 0.335 e. The van der Waals surface area contributed by atoms with Gasteiger partial charge in [0.2, 0.25) is 0 Å². The molecule has 2 N–H and O–H groups in total. The van der Waals surface area contributed by atoms with Crippen LogP contribution in [0, 0.1) is 0 Å². The van der Waals surface area contributed by atoms with E-state index in [9.17, 15) is 4.79 Å². The molecule has 130 valence electrons. The van der Waals surface area contributed by atoms with Gasteiger partial charge in [-0.25, -0.2) is 4.79 Å². The number of nitrogens with zero attached hydrogens (tertiary/aromatic N) is 1. The summed E-state index contributed by atoms with van der Waals surface area (Å²) in [4.78, 5) is 14.5. The van der Waals surface area contributed by atoms with Crippen LogP contribution in [0.2, 0.25) is 0 Å². The lowest BCUT2D eigenvalue weighted by Crippen LogP contribution is -2.36. The molecule has 0 aliphatic carbocycles. The zero-order chi connectivity index (χ0) is 17.4. The van der Waals surface area contributed by atoms with Crippen molar-refractivity contribution in [3.05, 3.63) is 42.5 Å². The molecule has 0 aliphatic heterocycles. The van der Waals surface area contributed by atoms with Crippen molar-refractivity contribution < 1.29 is 4.79 Å². The van der Waals surface area contributed by atoms with E-state index in [4.69, 9.17) is 0 Å². The van der Waals surface area contributed by atoms with Crippen LogP contribution in [-0.2, 0) is 0 Å². The molecule has 0 aliphatic rings. The van der Waals surface area contributed by atoms with E-state index in [1.54, 1.807) is 0 Å². The van der Waals surface area contributed by atoms with Gasteiger partial charge in [-0.3, -0.25) is 0 Å². The maximum atomic E-state index is 12.1. The number of hydrogen-bond acceptors (Lipinski definition) is 2. The number of nitrogens with one attached hydrogen (secondary N) is 2. The Kier molecular flexibility index (Phi) is 7.07. The summed E-state index contributed by atoms with van der Waals surface area (Å²) < 4.78 is 0. The SMILES string of the molecule is CCN(CC)CCCC(C)NC(=O)Nc1ccc2ccccc2c1.